The SMILES string of the molecule is CCc1ccc(C(C)NC(=O)[C@@H](C)N)cc1. The van der Waals surface area contributed by atoms with Crippen LogP contribution < -0.4 is 11.1 Å². The minimum absolute atomic E-state index is 0.00408. The summed E-state index contributed by atoms with van der Waals surface area (Å²) in [7, 11) is 0. The minimum Gasteiger partial charge on any atom is -0.348 e. The Morgan fingerprint density at radius 2 is 1.88 bits per heavy atom. The lowest BCUT2D eigenvalue weighted by molar-refractivity contribution is -0.122. The normalized spacial score (nSPS) is 14.2. The number of rotatable bonds is 4. The molecule has 0 fully saturated rings. The van der Waals surface area contributed by atoms with Gasteiger partial charge >= 0.3 is 0 Å². The molecular formula is C13H20N2O. The van der Waals surface area contributed by atoms with Gasteiger partial charge in [-0.2, -0.15) is 0 Å². The molecule has 0 saturated carbocycles. The first kappa shape index (κ1) is 12.7. The second kappa shape index (κ2) is 5.66. The highest BCUT2D eigenvalue weighted by molar-refractivity contribution is 5.81. The van der Waals surface area contributed by atoms with Crippen LogP contribution in [0.15, 0.2) is 24.3 Å². The topological polar surface area (TPSA) is 55.1 Å². The van der Waals surface area contributed by atoms with E-state index in [-0.39, 0.29) is 11.9 Å². The zero-order valence-electron chi connectivity index (χ0n) is 10.2. The van der Waals surface area contributed by atoms with Gasteiger partial charge in [-0.1, -0.05) is 31.2 Å². The Balaban J connectivity index is 2.65. The quantitative estimate of drug-likeness (QED) is 0.812. The van der Waals surface area contributed by atoms with E-state index in [4.69, 9.17) is 5.73 Å². The lowest BCUT2D eigenvalue weighted by Gasteiger charge is -2.16. The number of benzene rings is 1. The lowest BCUT2D eigenvalue weighted by Crippen LogP contribution is -2.39. The van der Waals surface area contributed by atoms with Crippen molar-refractivity contribution < 1.29 is 4.79 Å². The van der Waals surface area contributed by atoms with Crippen LogP contribution in [0.1, 0.15) is 37.9 Å². The van der Waals surface area contributed by atoms with Crippen molar-refractivity contribution in [1.82, 2.24) is 5.32 Å². The molecule has 1 aromatic carbocycles. The molecule has 0 radical (unpaired) electrons. The summed E-state index contributed by atoms with van der Waals surface area (Å²) in [6, 6.07) is 7.81. The molecule has 3 N–H and O–H groups in total. The summed E-state index contributed by atoms with van der Waals surface area (Å²) in [5, 5.41) is 2.87. The number of hydrogen-bond acceptors (Lipinski definition) is 2. The van der Waals surface area contributed by atoms with Gasteiger partial charge in [0, 0.05) is 0 Å². The van der Waals surface area contributed by atoms with Gasteiger partial charge in [0.1, 0.15) is 0 Å². The molecule has 0 aliphatic rings. The van der Waals surface area contributed by atoms with Gasteiger partial charge in [0.05, 0.1) is 12.1 Å². The van der Waals surface area contributed by atoms with E-state index in [0.717, 1.165) is 12.0 Å². The number of hydrogen-bond donors (Lipinski definition) is 2. The Bertz CT molecular complexity index is 343. The highest BCUT2D eigenvalue weighted by Gasteiger charge is 2.12. The Morgan fingerprint density at radius 3 is 2.31 bits per heavy atom. The maximum absolute atomic E-state index is 11.4. The van der Waals surface area contributed by atoms with E-state index in [0.29, 0.717) is 0 Å². The van der Waals surface area contributed by atoms with Crippen molar-refractivity contribution in [2.75, 3.05) is 0 Å². The Labute approximate surface area is 97.0 Å². The summed E-state index contributed by atoms with van der Waals surface area (Å²) in [5.74, 6) is -0.118. The molecule has 88 valence electrons. The predicted octanol–water partition coefficient (Wildman–Crippen LogP) is 1.77. The van der Waals surface area contributed by atoms with Gasteiger partial charge in [-0.05, 0) is 31.4 Å². The third-order valence-electron chi connectivity index (χ3n) is 2.66. The third-order valence-corrected chi connectivity index (χ3v) is 2.66. The van der Waals surface area contributed by atoms with Crippen LogP contribution in [0.25, 0.3) is 0 Å². The van der Waals surface area contributed by atoms with Crippen LogP contribution >= 0.6 is 0 Å². The lowest BCUT2D eigenvalue weighted by atomic mass is 10.0. The van der Waals surface area contributed by atoms with Crippen molar-refractivity contribution in [2.45, 2.75) is 39.3 Å². The van der Waals surface area contributed by atoms with E-state index in [2.05, 4.69) is 24.4 Å². The van der Waals surface area contributed by atoms with Gasteiger partial charge in [-0.15, -0.1) is 0 Å². The minimum atomic E-state index is -0.461. The molecule has 3 heteroatoms. The molecule has 1 amide bonds. The molecule has 1 rings (SSSR count). The summed E-state index contributed by atoms with van der Waals surface area (Å²) >= 11 is 0. The molecule has 1 unspecified atom stereocenters. The van der Waals surface area contributed by atoms with Crippen molar-refractivity contribution in [3.8, 4) is 0 Å². The predicted molar refractivity (Wildman–Crippen MR) is 66.0 cm³/mol. The highest BCUT2D eigenvalue weighted by Crippen LogP contribution is 2.13. The number of carbonyl (C=O) groups is 1. The molecule has 1 aromatic rings. The van der Waals surface area contributed by atoms with Crippen molar-refractivity contribution in [3.63, 3.8) is 0 Å². The number of carbonyl (C=O) groups excluding carboxylic acids is 1. The third kappa shape index (κ3) is 3.35. The molecule has 0 bridgehead atoms. The van der Waals surface area contributed by atoms with E-state index >= 15 is 0 Å². The molecule has 0 saturated heterocycles. The van der Waals surface area contributed by atoms with E-state index in [1.165, 1.54) is 5.56 Å². The number of nitrogens with one attached hydrogen (secondary N) is 1. The molecule has 16 heavy (non-hydrogen) atoms. The molecule has 0 aliphatic carbocycles. The summed E-state index contributed by atoms with van der Waals surface area (Å²) in [5.41, 5.74) is 7.90. The monoisotopic (exact) mass is 220 g/mol. The highest BCUT2D eigenvalue weighted by atomic mass is 16.2. The summed E-state index contributed by atoms with van der Waals surface area (Å²) < 4.78 is 0. The second-order valence-electron chi connectivity index (χ2n) is 4.11. The Kier molecular flexibility index (Phi) is 4.50. The molecule has 2 atom stereocenters. The Hall–Kier alpha value is -1.35. The average molecular weight is 220 g/mol. The first-order chi connectivity index (χ1) is 7.54. The van der Waals surface area contributed by atoms with Crippen LogP contribution in [-0.4, -0.2) is 11.9 Å². The average Bonchev–Trinajstić information content (AvgIpc) is 2.28. The maximum atomic E-state index is 11.4. The maximum Gasteiger partial charge on any atom is 0.237 e. The number of amides is 1. The smallest absolute Gasteiger partial charge is 0.237 e. The van der Waals surface area contributed by atoms with Crippen molar-refractivity contribution in [2.24, 2.45) is 5.73 Å². The molecule has 0 heterocycles. The van der Waals surface area contributed by atoms with E-state index < -0.39 is 6.04 Å². The van der Waals surface area contributed by atoms with Gasteiger partial charge in [0.2, 0.25) is 5.91 Å². The van der Waals surface area contributed by atoms with E-state index in [1.54, 1.807) is 6.92 Å². The zero-order chi connectivity index (χ0) is 12.1. The van der Waals surface area contributed by atoms with Crippen LogP contribution in [0.3, 0.4) is 0 Å². The largest absolute Gasteiger partial charge is 0.348 e. The molecule has 0 aliphatic heterocycles. The summed E-state index contributed by atoms with van der Waals surface area (Å²) in [4.78, 5) is 11.4. The van der Waals surface area contributed by atoms with Crippen molar-refractivity contribution in [1.29, 1.82) is 0 Å². The fourth-order valence-corrected chi connectivity index (χ4v) is 1.47. The van der Waals surface area contributed by atoms with Crippen molar-refractivity contribution in [3.05, 3.63) is 35.4 Å². The first-order valence-electron chi connectivity index (χ1n) is 5.69. The standard InChI is InChI=1S/C13H20N2O/c1-4-11-5-7-12(8-6-11)10(3)15-13(16)9(2)14/h5-10H,4,14H2,1-3H3,(H,15,16)/t9-,10?/m1/s1. The fraction of sp³-hybridized carbons (Fsp3) is 0.462. The van der Waals surface area contributed by atoms with Crippen LogP contribution in [-0.2, 0) is 11.2 Å². The summed E-state index contributed by atoms with van der Waals surface area (Å²) in [6.45, 7) is 5.76. The van der Waals surface area contributed by atoms with Gasteiger partial charge < -0.3 is 11.1 Å². The first-order valence-corrected chi connectivity index (χ1v) is 5.69. The van der Waals surface area contributed by atoms with Crippen LogP contribution in [0.4, 0.5) is 0 Å². The van der Waals surface area contributed by atoms with Gasteiger partial charge in [-0.25, -0.2) is 0 Å². The summed E-state index contributed by atoms with van der Waals surface area (Å²) in [6.07, 6.45) is 1.03. The van der Waals surface area contributed by atoms with Crippen LogP contribution in [0.2, 0.25) is 0 Å². The number of aryl methyl sites for hydroxylation is 1. The van der Waals surface area contributed by atoms with Crippen LogP contribution in [0, 0.1) is 0 Å². The Morgan fingerprint density at radius 1 is 1.31 bits per heavy atom. The van der Waals surface area contributed by atoms with E-state index in [1.807, 2.05) is 19.1 Å². The van der Waals surface area contributed by atoms with Gasteiger partial charge in [-0.3, -0.25) is 4.79 Å². The van der Waals surface area contributed by atoms with Crippen LogP contribution in [0.5, 0.6) is 0 Å². The molecule has 0 aromatic heterocycles. The fourth-order valence-electron chi connectivity index (χ4n) is 1.47. The number of nitrogens with two attached hydrogens (primary N) is 1. The van der Waals surface area contributed by atoms with Gasteiger partial charge in [0.15, 0.2) is 0 Å². The molecular weight excluding hydrogens is 200 g/mol. The molecule has 3 nitrogen and oxygen atoms in total. The second-order valence-corrected chi connectivity index (χ2v) is 4.11. The zero-order valence-corrected chi connectivity index (χ0v) is 10.2. The molecule has 0 spiro atoms. The van der Waals surface area contributed by atoms with E-state index in [9.17, 15) is 4.79 Å². The van der Waals surface area contributed by atoms with Gasteiger partial charge in [0.25, 0.3) is 0 Å². The van der Waals surface area contributed by atoms with Crippen molar-refractivity contribution >= 4 is 5.91 Å².